The highest BCUT2D eigenvalue weighted by atomic mass is 32.2. The number of thiophene rings is 1. The fourth-order valence-corrected chi connectivity index (χ4v) is 3.22. The second kappa shape index (κ2) is 5.68. The maximum atomic E-state index is 3.44. The van der Waals surface area contributed by atoms with Crippen LogP contribution >= 0.6 is 23.1 Å². The van der Waals surface area contributed by atoms with Crippen LogP contribution in [0, 0.1) is 0 Å². The molecule has 1 heterocycles. The van der Waals surface area contributed by atoms with Crippen molar-refractivity contribution in [2.24, 2.45) is 0 Å². The summed E-state index contributed by atoms with van der Waals surface area (Å²) in [6.45, 7) is 7.72. The van der Waals surface area contributed by atoms with E-state index in [1.807, 2.05) is 23.1 Å². The summed E-state index contributed by atoms with van der Waals surface area (Å²) in [7, 11) is 0. The lowest BCUT2D eigenvalue weighted by Crippen LogP contribution is -2.33. The van der Waals surface area contributed by atoms with E-state index in [9.17, 15) is 0 Å². The van der Waals surface area contributed by atoms with Gasteiger partial charge in [0.15, 0.2) is 0 Å². The molecule has 1 N–H and O–H groups in total. The van der Waals surface area contributed by atoms with Gasteiger partial charge in [-0.15, -0.1) is 23.1 Å². The van der Waals surface area contributed by atoms with Crippen molar-refractivity contribution in [2.75, 3.05) is 6.54 Å². The number of hydrogen-bond acceptors (Lipinski definition) is 3. The standard InChI is InChI=1S/C10H17NS2/c1-4-11-8(2)9(3)13-10-6-5-7-12-10/h5-9,11H,4H2,1-3H3. The molecule has 0 saturated carbocycles. The second-order valence-corrected chi connectivity index (χ2v) is 5.73. The van der Waals surface area contributed by atoms with Gasteiger partial charge in [0, 0.05) is 11.3 Å². The molecule has 0 fully saturated rings. The topological polar surface area (TPSA) is 12.0 Å². The van der Waals surface area contributed by atoms with Gasteiger partial charge in [-0.25, -0.2) is 0 Å². The Morgan fingerprint density at radius 3 is 2.85 bits per heavy atom. The summed E-state index contributed by atoms with van der Waals surface area (Å²) in [5.41, 5.74) is 0. The van der Waals surface area contributed by atoms with Gasteiger partial charge in [0.25, 0.3) is 0 Å². The number of thioether (sulfide) groups is 1. The lowest BCUT2D eigenvalue weighted by atomic mass is 10.2. The molecule has 13 heavy (non-hydrogen) atoms. The van der Waals surface area contributed by atoms with Crippen LogP contribution in [0.5, 0.6) is 0 Å². The van der Waals surface area contributed by atoms with Crippen molar-refractivity contribution < 1.29 is 0 Å². The molecule has 0 radical (unpaired) electrons. The molecular formula is C10H17NS2. The van der Waals surface area contributed by atoms with Crippen LogP contribution in [0.25, 0.3) is 0 Å². The number of nitrogens with one attached hydrogen (secondary N) is 1. The van der Waals surface area contributed by atoms with Gasteiger partial charge in [-0.1, -0.05) is 19.9 Å². The van der Waals surface area contributed by atoms with Crippen LogP contribution in [0.2, 0.25) is 0 Å². The maximum absolute atomic E-state index is 3.44. The van der Waals surface area contributed by atoms with Crippen molar-refractivity contribution in [2.45, 2.75) is 36.3 Å². The molecule has 1 aromatic heterocycles. The van der Waals surface area contributed by atoms with Crippen LogP contribution in [0.15, 0.2) is 21.7 Å². The minimum atomic E-state index is 0.581. The Morgan fingerprint density at radius 1 is 1.54 bits per heavy atom. The summed E-state index contributed by atoms with van der Waals surface area (Å²) in [5, 5.41) is 6.21. The van der Waals surface area contributed by atoms with E-state index < -0.39 is 0 Å². The molecule has 74 valence electrons. The quantitative estimate of drug-likeness (QED) is 0.757. The fourth-order valence-electron chi connectivity index (χ4n) is 1.10. The summed E-state index contributed by atoms with van der Waals surface area (Å²) in [4.78, 5) is 0. The van der Waals surface area contributed by atoms with Gasteiger partial charge in [-0.2, -0.15) is 0 Å². The van der Waals surface area contributed by atoms with E-state index in [1.165, 1.54) is 4.21 Å². The average Bonchev–Trinajstić information content (AvgIpc) is 2.57. The highest BCUT2D eigenvalue weighted by molar-refractivity contribution is 8.01. The van der Waals surface area contributed by atoms with Crippen LogP contribution < -0.4 is 5.32 Å². The Kier molecular flexibility index (Phi) is 4.84. The third kappa shape index (κ3) is 3.71. The Labute approximate surface area is 88.9 Å². The van der Waals surface area contributed by atoms with Crippen molar-refractivity contribution in [1.29, 1.82) is 0 Å². The summed E-state index contributed by atoms with van der Waals surface area (Å²) in [6, 6.07) is 4.87. The SMILES string of the molecule is CCNC(C)C(C)Sc1cccs1. The Morgan fingerprint density at radius 2 is 2.31 bits per heavy atom. The minimum Gasteiger partial charge on any atom is -0.313 e. The molecular weight excluding hydrogens is 198 g/mol. The van der Waals surface area contributed by atoms with Crippen molar-refractivity contribution in [3.05, 3.63) is 17.5 Å². The predicted molar refractivity (Wildman–Crippen MR) is 62.8 cm³/mol. The van der Waals surface area contributed by atoms with E-state index in [0.717, 1.165) is 6.54 Å². The molecule has 0 aromatic carbocycles. The zero-order chi connectivity index (χ0) is 9.68. The van der Waals surface area contributed by atoms with Crippen molar-refractivity contribution >= 4 is 23.1 Å². The third-order valence-corrected chi connectivity index (χ3v) is 4.41. The summed E-state index contributed by atoms with van der Waals surface area (Å²) >= 11 is 3.78. The number of hydrogen-bond donors (Lipinski definition) is 1. The van der Waals surface area contributed by atoms with Crippen LogP contribution in [0.4, 0.5) is 0 Å². The molecule has 2 atom stereocenters. The molecule has 0 aliphatic carbocycles. The van der Waals surface area contributed by atoms with E-state index in [-0.39, 0.29) is 0 Å². The summed E-state index contributed by atoms with van der Waals surface area (Å²) in [5.74, 6) is 0. The molecule has 1 nitrogen and oxygen atoms in total. The van der Waals surface area contributed by atoms with Crippen molar-refractivity contribution in [3.8, 4) is 0 Å². The van der Waals surface area contributed by atoms with E-state index in [1.54, 1.807) is 0 Å². The molecule has 1 aromatic rings. The molecule has 2 unspecified atom stereocenters. The highest BCUT2D eigenvalue weighted by Gasteiger charge is 2.12. The lowest BCUT2D eigenvalue weighted by Gasteiger charge is -2.19. The monoisotopic (exact) mass is 215 g/mol. The molecule has 0 amide bonds. The molecule has 0 aliphatic rings. The predicted octanol–water partition coefficient (Wildman–Crippen LogP) is 3.23. The molecule has 0 bridgehead atoms. The normalized spacial score (nSPS) is 15.6. The van der Waals surface area contributed by atoms with Crippen LogP contribution in [-0.4, -0.2) is 17.8 Å². The molecule has 1 rings (SSSR count). The first kappa shape index (κ1) is 11.1. The minimum absolute atomic E-state index is 0.581. The largest absolute Gasteiger partial charge is 0.313 e. The van der Waals surface area contributed by atoms with Crippen molar-refractivity contribution in [3.63, 3.8) is 0 Å². The first-order valence-electron chi connectivity index (χ1n) is 4.67. The van der Waals surface area contributed by atoms with E-state index in [4.69, 9.17) is 0 Å². The average molecular weight is 215 g/mol. The van der Waals surface area contributed by atoms with E-state index in [2.05, 4.69) is 43.6 Å². The lowest BCUT2D eigenvalue weighted by molar-refractivity contribution is 0.563. The molecule has 3 heteroatoms. The van der Waals surface area contributed by atoms with Gasteiger partial charge in [0.2, 0.25) is 0 Å². The molecule has 0 aliphatic heterocycles. The van der Waals surface area contributed by atoms with Gasteiger partial charge >= 0.3 is 0 Å². The van der Waals surface area contributed by atoms with E-state index >= 15 is 0 Å². The molecule has 0 spiro atoms. The summed E-state index contributed by atoms with van der Waals surface area (Å²) in [6.07, 6.45) is 0. The van der Waals surface area contributed by atoms with Crippen LogP contribution in [0.1, 0.15) is 20.8 Å². The first-order valence-corrected chi connectivity index (χ1v) is 6.43. The maximum Gasteiger partial charge on any atom is 0.0601 e. The highest BCUT2D eigenvalue weighted by Crippen LogP contribution is 2.28. The Hall–Kier alpha value is 0.01000. The van der Waals surface area contributed by atoms with Gasteiger partial charge in [0.05, 0.1) is 4.21 Å². The third-order valence-electron chi connectivity index (χ3n) is 2.03. The van der Waals surface area contributed by atoms with Crippen molar-refractivity contribution in [1.82, 2.24) is 5.32 Å². The Balaban J connectivity index is 2.36. The van der Waals surface area contributed by atoms with Gasteiger partial charge in [-0.3, -0.25) is 0 Å². The fraction of sp³-hybridized carbons (Fsp3) is 0.600. The zero-order valence-electron chi connectivity index (χ0n) is 8.41. The second-order valence-electron chi connectivity index (χ2n) is 3.10. The van der Waals surface area contributed by atoms with Gasteiger partial charge in [-0.05, 0) is 24.9 Å². The van der Waals surface area contributed by atoms with Crippen LogP contribution in [-0.2, 0) is 0 Å². The van der Waals surface area contributed by atoms with E-state index in [0.29, 0.717) is 11.3 Å². The smallest absolute Gasteiger partial charge is 0.0601 e. The Bertz CT molecular complexity index is 221. The zero-order valence-corrected chi connectivity index (χ0v) is 10.0. The summed E-state index contributed by atoms with van der Waals surface area (Å²) < 4.78 is 1.41. The van der Waals surface area contributed by atoms with Gasteiger partial charge < -0.3 is 5.32 Å². The molecule has 0 saturated heterocycles. The van der Waals surface area contributed by atoms with Crippen LogP contribution in [0.3, 0.4) is 0 Å². The number of rotatable bonds is 5. The van der Waals surface area contributed by atoms with Gasteiger partial charge in [0.1, 0.15) is 0 Å². The first-order chi connectivity index (χ1) is 6.24.